The van der Waals surface area contributed by atoms with Gasteiger partial charge in [-0.15, -0.1) is 0 Å². The maximum atomic E-state index is 11.4. The Kier molecular flexibility index (Phi) is 6.76. The summed E-state index contributed by atoms with van der Waals surface area (Å²) >= 11 is 1.75. The van der Waals surface area contributed by atoms with Gasteiger partial charge in [0.2, 0.25) is 5.91 Å². The largest absolute Gasteiger partial charge is 0.396 e. The fourth-order valence-electron chi connectivity index (χ4n) is 1.24. The second-order valence-corrected chi connectivity index (χ2v) is 4.64. The molecule has 1 aromatic rings. The van der Waals surface area contributed by atoms with E-state index in [2.05, 4.69) is 10.3 Å². The lowest BCUT2D eigenvalue weighted by atomic mass is 10.3. The minimum absolute atomic E-state index is 0.0465. The highest BCUT2D eigenvalue weighted by molar-refractivity contribution is 7.99. The van der Waals surface area contributed by atoms with Crippen LogP contribution in [0, 0.1) is 0 Å². The van der Waals surface area contributed by atoms with Crippen LogP contribution in [0.25, 0.3) is 0 Å². The molecule has 0 saturated heterocycles. The van der Waals surface area contributed by atoms with Crippen LogP contribution in [0.3, 0.4) is 0 Å². The third-order valence-electron chi connectivity index (χ3n) is 2.03. The number of nitrogens with one attached hydrogen (secondary N) is 2. The first kappa shape index (κ1) is 13.1. The van der Waals surface area contributed by atoms with Crippen molar-refractivity contribution in [3.05, 3.63) is 24.0 Å². The molecule has 0 saturated carbocycles. The standard InChI is InChI=1S/C11H18N2O2S/c14-6-2-7-16-8-5-13-11(15)9-10-3-1-4-12-10/h1,3-4,12,14H,2,5-9H2,(H,13,15). The van der Waals surface area contributed by atoms with Gasteiger partial charge in [-0.25, -0.2) is 0 Å². The average molecular weight is 242 g/mol. The molecule has 0 aliphatic rings. The second-order valence-electron chi connectivity index (χ2n) is 3.41. The van der Waals surface area contributed by atoms with Crippen molar-refractivity contribution in [2.75, 3.05) is 24.7 Å². The van der Waals surface area contributed by atoms with Crippen LogP contribution in [0.4, 0.5) is 0 Å². The van der Waals surface area contributed by atoms with E-state index in [0.29, 0.717) is 13.0 Å². The van der Waals surface area contributed by atoms with Crippen LogP contribution in [0.15, 0.2) is 18.3 Å². The molecule has 16 heavy (non-hydrogen) atoms. The summed E-state index contributed by atoms with van der Waals surface area (Å²) in [7, 11) is 0. The molecule has 0 aliphatic heterocycles. The van der Waals surface area contributed by atoms with Gasteiger partial charge in [-0.3, -0.25) is 4.79 Å². The second kappa shape index (κ2) is 8.24. The number of carbonyl (C=O) groups is 1. The summed E-state index contributed by atoms with van der Waals surface area (Å²) in [5, 5.41) is 11.4. The molecule has 1 heterocycles. The van der Waals surface area contributed by atoms with Crippen LogP contribution >= 0.6 is 11.8 Å². The van der Waals surface area contributed by atoms with Crippen molar-refractivity contribution in [2.24, 2.45) is 0 Å². The van der Waals surface area contributed by atoms with Crippen LogP contribution in [0.1, 0.15) is 12.1 Å². The van der Waals surface area contributed by atoms with Crippen molar-refractivity contribution in [3.8, 4) is 0 Å². The number of carbonyl (C=O) groups excluding carboxylic acids is 1. The van der Waals surface area contributed by atoms with E-state index < -0.39 is 0 Å². The van der Waals surface area contributed by atoms with E-state index in [9.17, 15) is 4.79 Å². The van der Waals surface area contributed by atoms with Gasteiger partial charge in [0.25, 0.3) is 0 Å². The van der Waals surface area contributed by atoms with Gasteiger partial charge in [-0.05, 0) is 24.3 Å². The van der Waals surface area contributed by atoms with E-state index in [1.807, 2.05) is 18.3 Å². The van der Waals surface area contributed by atoms with Gasteiger partial charge in [0, 0.05) is 30.8 Å². The molecule has 3 N–H and O–H groups in total. The Morgan fingerprint density at radius 1 is 1.50 bits per heavy atom. The lowest BCUT2D eigenvalue weighted by molar-refractivity contribution is -0.120. The summed E-state index contributed by atoms with van der Waals surface area (Å²) < 4.78 is 0. The van der Waals surface area contributed by atoms with E-state index in [1.54, 1.807) is 11.8 Å². The SMILES string of the molecule is O=C(Cc1ccc[nH]1)NCCSCCCO. The van der Waals surface area contributed by atoms with Crippen LogP contribution in [0.5, 0.6) is 0 Å². The van der Waals surface area contributed by atoms with Gasteiger partial charge < -0.3 is 15.4 Å². The smallest absolute Gasteiger partial charge is 0.225 e. The monoisotopic (exact) mass is 242 g/mol. The quantitative estimate of drug-likeness (QED) is 0.590. The molecule has 0 aliphatic carbocycles. The Morgan fingerprint density at radius 3 is 3.06 bits per heavy atom. The Balaban J connectivity index is 1.98. The van der Waals surface area contributed by atoms with Crippen LogP contribution < -0.4 is 5.32 Å². The van der Waals surface area contributed by atoms with Gasteiger partial charge >= 0.3 is 0 Å². The predicted octanol–water partition coefficient (Wildman–Crippen LogP) is 0.789. The summed E-state index contributed by atoms with van der Waals surface area (Å²) in [6, 6.07) is 3.78. The minimum atomic E-state index is 0.0465. The van der Waals surface area contributed by atoms with Gasteiger partial charge in [-0.2, -0.15) is 11.8 Å². The number of aliphatic hydroxyl groups is 1. The van der Waals surface area contributed by atoms with E-state index in [-0.39, 0.29) is 12.5 Å². The Hall–Kier alpha value is -0.940. The summed E-state index contributed by atoms with van der Waals surface area (Å²) in [5.41, 5.74) is 0.936. The van der Waals surface area contributed by atoms with Gasteiger partial charge in [0.15, 0.2) is 0 Å². The lowest BCUT2D eigenvalue weighted by Crippen LogP contribution is -2.27. The molecule has 1 rings (SSSR count). The van der Waals surface area contributed by atoms with E-state index in [1.165, 1.54) is 0 Å². The highest BCUT2D eigenvalue weighted by Crippen LogP contribution is 2.00. The molecule has 0 unspecified atom stereocenters. The highest BCUT2D eigenvalue weighted by Gasteiger charge is 2.02. The molecule has 0 radical (unpaired) electrons. The molecule has 4 nitrogen and oxygen atoms in total. The van der Waals surface area contributed by atoms with Crippen LogP contribution in [-0.2, 0) is 11.2 Å². The van der Waals surface area contributed by atoms with Crippen molar-refractivity contribution in [1.82, 2.24) is 10.3 Å². The molecule has 0 aromatic carbocycles. The van der Waals surface area contributed by atoms with E-state index >= 15 is 0 Å². The first-order valence-electron chi connectivity index (χ1n) is 5.40. The molecule has 0 bridgehead atoms. The number of aromatic nitrogens is 1. The molecule has 1 amide bonds. The van der Waals surface area contributed by atoms with Gasteiger partial charge in [-0.1, -0.05) is 0 Å². The predicted molar refractivity (Wildman–Crippen MR) is 66.5 cm³/mol. The number of thioether (sulfide) groups is 1. The number of hydrogen-bond donors (Lipinski definition) is 3. The number of aliphatic hydroxyl groups excluding tert-OH is 1. The molecule has 90 valence electrons. The Bertz CT molecular complexity index is 288. The fourth-order valence-corrected chi connectivity index (χ4v) is 2.03. The van der Waals surface area contributed by atoms with Gasteiger partial charge in [0.1, 0.15) is 0 Å². The van der Waals surface area contributed by atoms with Crippen LogP contribution in [0.2, 0.25) is 0 Å². The van der Waals surface area contributed by atoms with Crippen molar-refractivity contribution in [3.63, 3.8) is 0 Å². The normalized spacial score (nSPS) is 10.3. The average Bonchev–Trinajstić information content (AvgIpc) is 2.76. The molecule has 0 spiro atoms. The zero-order chi connectivity index (χ0) is 11.6. The first-order chi connectivity index (χ1) is 7.83. The Morgan fingerprint density at radius 2 is 2.38 bits per heavy atom. The minimum Gasteiger partial charge on any atom is -0.396 e. The maximum Gasteiger partial charge on any atom is 0.225 e. The number of rotatable bonds is 8. The molecule has 0 atom stereocenters. The number of hydrogen-bond acceptors (Lipinski definition) is 3. The van der Waals surface area contributed by atoms with Crippen molar-refractivity contribution in [2.45, 2.75) is 12.8 Å². The third kappa shape index (κ3) is 5.82. The summed E-state index contributed by atoms with van der Waals surface area (Å²) in [6.45, 7) is 0.932. The van der Waals surface area contributed by atoms with Crippen molar-refractivity contribution in [1.29, 1.82) is 0 Å². The lowest BCUT2D eigenvalue weighted by Gasteiger charge is -2.04. The topological polar surface area (TPSA) is 65.1 Å². The third-order valence-corrected chi connectivity index (χ3v) is 3.10. The van der Waals surface area contributed by atoms with E-state index in [4.69, 9.17) is 5.11 Å². The van der Waals surface area contributed by atoms with Gasteiger partial charge in [0.05, 0.1) is 6.42 Å². The zero-order valence-electron chi connectivity index (χ0n) is 9.24. The molecule has 0 fully saturated rings. The Labute approximate surface area is 99.8 Å². The first-order valence-corrected chi connectivity index (χ1v) is 6.56. The number of aromatic amines is 1. The fraction of sp³-hybridized carbons (Fsp3) is 0.545. The van der Waals surface area contributed by atoms with Crippen LogP contribution in [-0.4, -0.2) is 40.7 Å². The molecular formula is C11H18N2O2S. The molecule has 5 heteroatoms. The molecule has 1 aromatic heterocycles. The summed E-state index contributed by atoms with van der Waals surface area (Å²) in [4.78, 5) is 14.4. The highest BCUT2D eigenvalue weighted by atomic mass is 32.2. The number of H-pyrrole nitrogens is 1. The van der Waals surface area contributed by atoms with Crippen molar-refractivity contribution >= 4 is 17.7 Å². The zero-order valence-corrected chi connectivity index (χ0v) is 10.1. The van der Waals surface area contributed by atoms with E-state index in [0.717, 1.165) is 23.6 Å². The molecular weight excluding hydrogens is 224 g/mol. The summed E-state index contributed by atoms with van der Waals surface area (Å²) in [6.07, 6.45) is 3.04. The summed E-state index contributed by atoms with van der Waals surface area (Å²) in [5.74, 6) is 1.89. The number of amides is 1. The maximum absolute atomic E-state index is 11.4. The van der Waals surface area contributed by atoms with Crippen molar-refractivity contribution < 1.29 is 9.90 Å².